The summed E-state index contributed by atoms with van der Waals surface area (Å²) < 4.78 is 13.1. The van der Waals surface area contributed by atoms with Crippen molar-refractivity contribution >= 4 is 33.6 Å². The van der Waals surface area contributed by atoms with Crippen LogP contribution in [0.3, 0.4) is 0 Å². The molecule has 1 aliphatic rings. The van der Waals surface area contributed by atoms with Gasteiger partial charge >= 0.3 is 0 Å². The number of fused-ring (bicyclic) bond motifs is 3. The van der Waals surface area contributed by atoms with E-state index < -0.39 is 0 Å². The van der Waals surface area contributed by atoms with Crippen molar-refractivity contribution in [2.24, 2.45) is 0 Å². The van der Waals surface area contributed by atoms with E-state index in [4.69, 9.17) is 10.1 Å². The fourth-order valence-corrected chi connectivity index (χ4v) is 3.62. The summed E-state index contributed by atoms with van der Waals surface area (Å²) in [7, 11) is 0. The van der Waals surface area contributed by atoms with Crippen molar-refractivity contribution in [1.29, 1.82) is 0 Å². The van der Waals surface area contributed by atoms with Crippen LogP contribution in [-0.2, 0) is 21.1 Å². The molecule has 0 radical (unpaired) electrons. The van der Waals surface area contributed by atoms with Gasteiger partial charge in [-0.3, -0.25) is 4.98 Å². The third kappa shape index (κ3) is 8.46. The van der Waals surface area contributed by atoms with Crippen LogP contribution in [0.25, 0.3) is 22.1 Å². The molecule has 1 aliphatic heterocycles. The van der Waals surface area contributed by atoms with Crippen LogP contribution in [-0.4, -0.2) is 46.4 Å². The summed E-state index contributed by atoms with van der Waals surface area (Å²) in [5.41, 5.74) is 4.61. The van der Waals surface area contributed by atoms with E-state index in [1.807, 2.05) is 58.9 Å². The molecule has 2 N–H and O–H groups in total. The van der Waals surface area contributed by atoms with Gasteiger partial charge in [0.05, 0.1) is 5.52 Å². The Hall–Kier alpha value is -3.12. The molecule has 1 fully saturated rings. The van der Waals surface area contributed by atoms with Crippen molar-refractivity contribution in [2.45, 2.75) is 41.0 Å². The Morgan fingerprint density at radius 2 is 1.68 bits per heavy atom. The first-order valence-corrected chi connectivity index (χ1v) is 12.6. The predicted molar refractivity (Wildman–Crippen MR) is 149 cm³/mol. The molecule has 3 aromatic heterocycles. The van der Waals surface area contributed by atoms with Gasteiger partial charge in [0, 0.05) is 64.6 Å². The van der Waals surface area contributed by atoms with Crippen LogP contribution in [0.5, 0.6) is 0 Å². The number of nitrogens with zero attached hydrogens (tertiary/aromatic N) is 5. The van der Waals surface area contributed by atoms with Gasteiger partial charge < -0.3 is 25.1 Å². The first-order valence-electron chi connectivity index (χ1n) is 12.6. The number of aliphatic hydroxyl groups excluding tert-OH is 1. The Morgan fingerprint density at radius 1 is 1.05 bits per heavy atom. The predicted octanol–water partition coefficient (Wildman–Crippen LogP) is 6.61. The number of pyridine rings is 2. The number of hydrogen-bond acceptors (Lipinski definition) is 5. The van der Waals surface area contributed by atoms with Crippen LogP contribution in [0.15, 0.2) is 67.1 Å². The van der Waals surface area contributed by atoms with Gasteiger partial charge in [0.25, 0.3) is 0 Å². The summed E-state index contributed by atoms with van der Waals surface area (Å²) in [5, 5.41) is 15.6. The second-order valence-electron chi connectivity index (χ2n) is 7.47. The van der Waals surface area contributed by atoms with Crippen LogP contribution < -0.4 is 14.9 Å². The van der Waals surface area contributed by atoms with E-state index in [2.05, 4.69) is 31.6 Å². The number of allylic oxidation sites excluding steroid dienone is 2. The van der Waals surface area contributed by atoms with Crippen LogP contribution in [0.2, 0.25) is 0 Å². The number of nitrogens with one attached hydrogen (secondary N) is 1. The molecule has 0 spiro atoms. The Bertz CT molecular complexity index is 1220. The molecule has 9 heteroatoms. The van der Waals surface area contributed by atoms with E-state index in [-0.39, 0.29) is 32.6 Å². The largest absolute Gasteiger partial charge is 0.595 e. The van der Waals surface area contributed by atoms with Crippen molar-refractivity contribution < 1.29 is 30.6 Å². The molecule has 37 heavy (non-hydrogen) atoms. The number of anilines is 2. The monoisotopic (exact) mass is 677 g/mol. The molecule has 4 aromatic rings. The Kier molecular flexibility index (Phi) is 14.3. The first kappa shape index (κ1) is 31.9. The standard InChI is InChI=1S/C18H16FN6.C6H10O.2C2H6.W/c19-12-1-3-13(4-2-12)24-7-9-25(10-8-24)16-6-5-14-17(21-16)18-15(11-20-14)22-23-18;1-3-5-6(7)4-2;2*1-2;/h1-6,11,23H,7-10H2;4-5,7H,2-3H2,1H3;2*1-2H3;/q-1;;;;/b;6-5+;;;. The zero-order chi connectivity index (χ0) is 26.5. The van der Waals surface area contributed by atoms with Crippen molar-refractivity contribution in [3.63, 3.8) is 0 Å². The van der Waals surface area contributed by atoms with Gasteiger partial charge in [-0.05, 0) is 55.0 Å². The van der Waals surface area contributed by atoms with Gasteiger partial charge in [0.15, 0.2) is 0 Å². The second-order valence-corrected chi connectivity index (χ2v) is 7.47. The second kappa shape index (κ2) is 16.6. The zero-order valence-corrected chi connectivity index (χ0v) is 25.3. The normalized spacial score (nSPS) is 12.9. The van der Waals surface area contributed by atoms with Gasteiger partial charge in [-0.25, -0.2) is 9.37 Å². The van der Waals surface area contributed by atoms with Crippen molar-refractivity contribution in [2.75, 3.05) is 36.0 Å². The molecular formula is C28H38FN6OW-. The molecular weight excluding hydrogens is 639 g/mol. The topological polar surface area (TPSA) is 82.4 Å². The molecule has 0 atom stereocenters. The van der Waals surface area contributed by atoms with Crippen LogP contribution >= 0.6 is 0 Å². The Morgan fingerprint density at radius 3 is 2.19 bits per heavy atom. The van der Waals surface area contributed by atoms with Gasteiger partial charge in [-0.2, -0.15) is 0 Å². The minimum Gasteiger partial charge on any atom is -0.595 e. The summed E-state index contributed by atoms with van der Waals surface area (Å²) in [6, 6.07) is 10.7. The van der Waals surface area contributed by atoms with Gasteiger partial charge in [0.2, 0.25) is 0 Å². The number of aliphatic hydroxyl groups is 1. The van der Waals surface area contributed by atoms with Crippen LogP contribution in [0.1, 0.15) is 41.0 Å². The zero-order valence-electron chi connectivity index (χ0n) is 22.4. The average molecular weight is 677 g/mol. The number of aromatic nitrogens is 4. The average Bonchev–Trinajstić information content (AvgIpc) is 2.92. The number of halogens is 1. The molecule has 0 aliphatic carbocycles. The molecule has 1 saturated heterocycles. The number of piperazine rings is 1. The summed E-state index contributed by atoms with van der Waals surface area (Å²) in [5.74, 6) is 1.02. The molecule has 0 amide bonds. The third-order valence-electron chi connectivity index (χ3n) is 5.38. The summed E-state index contributed by atoms with van der Waals surface area (Å²) in [4.78, 5) is 13.7. The van der Waals surface area contributed by atoms with E-state index in [0.29, 0.717) is 0 Å². The van der Waals surface area contributed by atoms with Crippen molar-refractivity contribution in [3.05, 3.63) is 72.9 Å². The number of H-pyrrole nitrogens is 1. The summed E-state index contributed by atoms with van der Waals surface area (Å²) in [6.45, 7) is 16.8. The maximum absolute atomic E-state index is 13.1. The molecule has 4 heterocycles. The SMILES string of the molecule is C=C/C(O)=C\CC.CC.CC.Fc1ccc(N2CCN(c3ccc4ncc5[n-][nH]c5c4n3)CC2)cc1.[W]. The number of aromatic amines is 1. The van der Waals surface area contributed by atoms with E-state index in [9.17, 15) is 4.39 Å². The fourth-order valence-electron chi connectivity index (χ4n) is 3.62. The maximum atomic E-state index is 13.1. The molecule has 7 nitrogen and oxygen atoms in total. The number of benzene rings is 1. The van der Waals surface area contributed by atoms with Crippen molar-refractivity contribution in [3.8, 4) is 0 Å². The first-order chi connectivity index (χ1) is 17.6. The maximum Gasteiger partial charge on any atom is 0.129 e. The van der Waals surface area contributed by atoms with Crippen molar-refractivity contribution in [1.82, 2.24) is 20.2 Å². The van der Waals surface area contributed by atoms with Crippen LogP contribution in [0, 0.1) is 5.82 Å². The van der Waals surface area contributed by atoms with Crippen LogP contribution in [0.4, 0.5) is 15.9 Å². The fraction of sp³-hybridized carbons (Fsp3) is 0.357. The van der Waals surface area contributed by atoms with E-state index >= 15 is 0 Å². The van der Waals surface area contributed by atoms with Gasteiger partial charge in [-0.15, -0.1) is 0 Å². The molecule has 0 unspecified atom stereocenters. The minimum atomic E-state index is -0.201. The molecule has 0 bridgehead atoms. The summed E-state index contributed by atoms with van der Waals surface area (Å²) >= 11 is 0. The molecule has 5 rings (SSSR count). The third-order valence-corrected chi connectivity index (χ3v) is 5.38. The quantitative estimate of drug-likeness (QED) is 0.187. The number of rotatable bonds is 4. The smallest absolute Gasteiger partial charge is 0.129 e. The van der Waals surface area contributed by atoms with E-state index in [1.165, 1.54) is 18.2 Å². The molecule has 1 aromatic carbocycles. The Balaban J connectivity index is 0.000000495. The van der Waals surface area contributed by atoms with E-state index in [1.54, 1.807) is 12.3 Å². The Labute approximate surface area is 233 Å². The molecule has 0 saturated carbocycles. The van der Waals surface area contributed by atoms with Gasteiger partial charge in [-0.1, -0.05) is 46.7 Å². The van der Waals surface area contributed by atoms with Gasteiger partial charge in [0.1, 0.15) is 22.9 Å². The minimum absolute atomic E-state index is 0. The molecule has 200 valence electrons. The van der Waals surface area contributed by atoms with E-state index in [0.717, 1.165) is 66.2 Å². The number of hydrogen-bond donors (Lipinski definition) is 2. The summed E-state index contributed by atoms with van der Waals surface area (Å²) in [6.07, 6.45) is 5.74.